The van der Waals surface area contributed by atoms with E-state index in [0.717, 1.165) is 24.2 Å². The molecule has 0 aliphatic heterocycles. The zero-order chi connectivity index (χ0) is 19.4. The summed E-state index contributed by atoms with van der Waals surface area (Å²) in [6.45, 7) is 4.19. The average molecular weight is 443 g/mol. The molecule has 0 aliphatic carbocycles. The SMILES string of the molecule is CCc1ccc(NC(=O)C[S-])cc1.CCc1ccc(NC(=O)C[S-])cc1.[Mn+2]. The molecule has 145 valence electrons. The van der Waals surface area contributed by atoms with E-state index in [2.05, 4.69) is 49.7 Å². The second kappa shape index (κ2) is 14.6. The Morgan fingerprint density at radius 3 is 1.22 bits per heavy atom. The van der Waals surface area contributed by atoms with Gasteiger partial charge >= 0.3 is 17.1 Å². The summed E-state index contributed by atoms with van der Waals surface area (Å²) < 4.78 is 0. The third kappa shape index (κ3) is 10.5. The van der Waals surface area contributed by atoms with Gasteiger partial charge in [0.25, 0.3) is 0 Å². The van der Waals surface area contributed by atoms with Gasteiger partial charge in [-0.1, -0.05) is 49.6 Å². The van der Waals surface area contributed by atoms with Crippen LogP contribution in [0.15, 0.2) is 48.5 Å². The Hall–Kier alpha value is -1.40. The maximum absolute atomic E-state index is 10.9. The molecule has 0 unspecified atom stereocenters. The van der Waals surface area contributed by atoms with Crippen LogP contribution in [0.4, 0.5) is 11.4 Å². The van der Waals surface area contributed by atoms with Gasteiger partial charge in [-0.15, -0.1) is 0 Å². The third-order valence-electron chi connectivity index (χ3n) is 3.55. The van der Waals surface area contributed by atoms with Crippen molar-refractivity contribution in [3.63, 3.8) is 0 Å². The average Bonchev–Trinajstić information content (AvgIpc) is 2.69. The van der Waals surface area contributed by atoms with Gasteiger partial charge in [-0.25, -0.2) is 0 Å². The quantitative estimate of drug-likeness (QED) is 0.530. The van der Waals surface area contributed by atoms with Crippen LogP contribution in [0.1, 0.15) is 25.0 Å². The van der Waals surface area contributed by atoms with Crippen molar-refractivity contribution in [1.82, 2.24) is 0 Å². The monoisotopic (exact) mass is 443 g/mol. The molecule has 2 amide bonds. The van der Waals surface area contributed by atoms with E-state index in [-0.39, 0.29) is 40.4 Å². The molecule has 7 heteroatoms. The summed E-state index contributed by atoms with van der Waals surface area (Å²) in [4.78, 5) is 21.8. The van der Waals surface area contributed by atoms with Gasteiger partial charge < -0.3 is 35.9 Å². The van der Waals surface area contributed by atoms with E-state index in [1.165, 1.54) is 11.1 Å². The van der Waals surface area contributed by atoms with Crippen molar-refractivity contribution in [3.8, 4) is 0 Å². The maximum atomic E-state index is 10.9. The molecular formula is C20H24MnN2O2S2. The molecule has 2 aromatic carbocycles. The van der Waals surface area contributed by atoms with E-state index in [1.54, 1.807) is 0 Å². The minimum atomic E-state index is -0.126. The molecule has 0 bridgehead atoms. The van der Waals surface area contributed by atoms with Crippen molar-refractivity contribution in [1.29, 1.82) is 0 Å². The van der Waals surface area contributed by atoms with Gasteiger partial charge in [-0.2, -0.15) is 0 Å². The standard InChI is InChI=1S/2C10H13NOS.Mn/c2*1-2-8-3-5-9(6-4-8)11-10(12)7-13;/h2*3-6,13H,2,7H2,1H3,(H,11,12);/q;;+2/p-2. The van der Waals surface area contributed by atoms with Crippen LogP contribution in [0.25, 0.3) is 0 Å². The van der Waals surface area contributed by atoms with Crippen LogP contribution in [0.5, 0.6) is 0 Å². The molecule has 0 saturated carbocycles. The van der Waals surface area contributed by atoms with Gasteiger partial charge in [-0.3, -0.25) is 9.59 Å². The number of hydrogen-bond acceptors (Lipinski definition) is 4. The number of amides is 2. The first-order valence-electron chi connectivity index (χ1n) is 8.46. The second-order valence-electron chi connectivity index (χ2n) is 5.49. The smallest absolute Gasteiger partial charge is 0.783 e. The van der Waals surface area contributed by atoms with Crippen molar-refractivity contribution in [3.05, 3.63) is 59.7 Å². The molecule has 0 saturated heterocycles. The van der Waals surface area contributed by atoms with Crippen LogP contribution in [0.3, 0.4) is 0 Å². The molecule has 0 spiro atoms. The van der Waals surface area contributed by atoms with E-state index in [1.807, 2.05) is 48.5 Å². The zero-order valence-corrected chi connectivity index (χ0v) is 18.3. The summed E-state index contributed by atoms with van der Waals surface area (Å²) >= 11 is 9.22. The van der Waals surface area contributed by atoms with Gasteiger partial charge in [0.15, 0.2) is 11.8 Å². The van der Waals surface area contributed by atoms with Gasteiger partial charge in [0.05, 0.1) is 0 Å². The van der Waals surface area contributed by atoms with Gasteiger partial charge in [0.1, 0.15) is 0 Å². The van der Waals surface area contributed by atoms with E-state index in [0.29, 0.717) is 0 Å². The number of anilines is 2. The molecule has 2 aromatic rings. The molecule has 0 fully saturated rings. The topological polar surface area (TPSA) is 58.2 Å². The first kappa shape index (κ1) is 25.6. The molecular weight excluding hydrogens is 419 g/mol. The number of carbonyl (C=O) groups excluding carboxylic acids is 2. The zero-order valence-electron chi connectivity index (χ0n) is 15.5. The fourth-order valence-electron chi connectivity index (χ4n) is 2.04. The van der Waals surface area contributed by atoms with E-state index in [4.69, 9.17) is 0 Å². The minimum Gasteiger partial charge on any atom is -0.783 e. The number of nitrogens with one attached hydrogen (secondary N) is 2. The van der Waals surface area contributed by atoms with E-state index >= 15 is 0 Å². The first-order valence-corrected chi connectivity index (χ1v) is 9.61. The molecule has 2 N–H and O–H groups in total. The van der Waals surface area contributed by atoms with E-state index in [9.17, 15) is 9.59 Å². The summed E-state index contributed by atoms with van der Waals surface area (Å²) in [6.07, 6.45) is 2.02. The molecule has 1 radical (unpaired) electrons. The molecule has 4 nitrogen and oxygen atoms in total. The predicted octanol–water partition coefficient (Wildman–Crippen LogP) is 3.47. The normalized spacial score (nSPS) is 9.33. The van der Waals surface area contributed by atoms with E-state index < -0.39 is 0 Å². The molecule has 27 heavy (non-hydrogen) atoms. The first-order chi connectivity index (χ1) is 12.5. The minimum absolute atomic E-state index is 0. The third-order valence-corrected chi connectivity index (χ3v) is 4.08. The Morgan fingerprint density at radius 1 is 0.704 bits per heavy atom. The molecule has 2 rings (SSSR count). The van der Waals surface area contributed by atoms with Crippen LogP contribution in [-0.2, 0) is 64.8 Å². The van der Waals surface area contributed by atoms with Crippen molar-refractivity contribution < 1.29 is 26.7 Å². The summed E-state index contributed by atoms with van der Waals surface area (Å²) in [7, 11) is 0. The fourth-order valence-corrected chi connectivity index (χ4v) is 2.19. The van der Waals surface area contributed by atoms with Crippen molar-refractivity contribution in [2.24, 2.45) is 0 Å². The summed E-state index contributed by atoms with van der Waals surface area (Å²) in [5.41, 5.74) is 4.15. The largest absolute Gasteiger partial charge is 2.00 e. The molecule has 0 heterocycles. The van der Waals surface area contributed by atoms with Crippen LogP contribution in [-0.4, -0.2) is 23.3 Å². The van der Waals surface area contributed by atoms with Gasteiger partial charge in [0.2, 0.25) is 0 Å². The Kier molecular flexibility index (Phi) is 13.9. The van der Waals surface area contributed by atoms with Crippen molar-refractivity contribution >= 4 is 48.4 Å². The Bertz CT molecular complexity index is 631. The van der Waals surface area contributed by atoms with Crippen LogP contribution in [0, 0.1) is 0 Å². The summed E-state index contributed by atoms with van der Waals surface area (Å²) in [5.74, 6) is -0.0380. The van der Waals surface area contributed by atoms with Crippen LogP contribution in [0.2, 0.25) is 0 Å². The Balaban J connectivity index is 0.000000483. The van der Waals surface area contributed by atoms with Gasteiger partial charge in [-0.05, 0) is 48.2 Å². The molecule has 0 aliphatic rings. The van der Waals surface area contributed by atoms with Crippen molar-refractivity contribution in [2.75, 3.05) is 22.1 Å². The van der Waals surface area contributed by atoms with Crippen LogP contribution < -0.4 is 10.6 Å². The molecule has 0 aromatic heterocycles. The second-order valence-corrected chi connectivity index (χ2v) is 6.06. The van der Waals surface area contributed by atoms with Crippen molar-refractivity contribution in [2.45, 2.75) is 26.7 Å². The number of rotatable bonds is 6. The Labute approximate surface area is 183 Å². The summed E-state index contributed by atoms with van der Waals surface area (Å²) in [5, 5.41) is 5.40. The summed E-state index contributed by atoms with van der Waals surface area (Å²) in [6, 6.07) is 15.6. The number of aryl methyl sites for hydroxylation is 2. The number of carbonyl (C=O) groups is 2. The van der Waals surface area contributed by atoms with Crippen LogP contribution >= 0.6 is 0 Å². The Morgan fingerprint density at radius 2 is 1.00 bits per heavy atom. The fraction of sp³-hybridized carbons (Fsp3) is 0.300. The van der Waals surface area contributed by atoms with Gasteiger partial charge in [0, 0.05) is 11.4 Å². The number of benzene rings is 2. The predicted molar refractivity (Wildman–Crippen MR) is 113 cm³/mol. The number of hydrogen-bond donors (Lipinski definition) is 2. The maximum Gasteiger partial charge on any atom is 2.00 e. The molecule has 0 atom stereocenters.